The normalized spacial score (nSPS) is 18.9. The van der Waals surface area contributed by atoms with Crippen molar-refractivity contribution >= 4 is 11.8 Å². The second kappa shape index (κ2) is 6.57. The first-order valence-corrected chi connectivity index (χ1v) is 6.75. The van der Waals surface area contributed by atoms with Gasteiger partial charge in [0, 0.05) is 12.3 Å². The molecule has 17 heavy (non-hydrogen) atoms. The largest absolute Gasteiger partial charge is 0.487 e. The van der Waals surface area contributed by atoms with Crippen molar-refractivity contribution in [2.24, 2.45) is 0 Å². The molecule has 1 atom stereocenters. The molecule has 4 heteroatoms. The van der Waals surface area contributed by atoms with E-state index in [2.05, 4.69) is 11.9 Å². The number of hydrogen-bond donors (Lipinski definition) is 1. The summed E-state index contributed by atoms with van der Waals surface area (Å²) in [4.78, 5) is 0. The van der Waals surface area contributed by atoms with Crippen LogP contribution in [0.15, 0.2) is 36.9 Å². The van der Waals surface area contributed by atoms with E-state index in [0.717, 1.165) is 23.8 Å². The highest BCUT2D eigenvalue weighted by Gasteiger charge is 2.15. The monoisotopic (exact) mass is 251 g/mol. The quantitative estimate of drug-likeness (QED) is 0.786. The summed E-state index contributed by atoms with van der Waals surface area (Å²) in [5.41, 5.74) is 0. The lowest BCUT2D eigenvalue weighted by atomic mass is 10.3. The lowest BCUT2D eigenvalue weighted by molar-refractivity contribution is 0.278. The van der Waals surface area contributed by atoms with Gasteiger partial charge < -0.3 is 14.8 Å². The summed E-state index contributed by atoms with van der Waals surface area (Å²) in [5, 5.41) is 3.76. The average Bonchev–Trinajstić information content (AvgIpc) is 2.88. The molecule has 1 aromatic rings. The molecule has 92 valence electrons. The number of hydrogen-bond acceptors (Lipinski definition) is 4. The maximum absolute atomic E-state index is 5.78. The highest BCUT2D eigenvalue weighted by molar-refractivity contribution is 8.00. The van der Waals surface area contributed by atoms with E-state index in [0.29, 0.717) is 18.6 Å². The number of para-hydroxylation sites is 2. The number of nitrogens with one attached hydrogen (secondary N) is 1. The van der Waals surface area contributed by atoms with Gasteiger partial charge in [0.2, 0.25) is 0 Å². The molecular weight excluding hydrogens is 234 g/mol. The summed E-state index contributed by atoms with van der Waals surface area (Å²) in [6, 6.07) is 7.73. The van der Waals surface area contributed by atoms with Crippen LogP contribution >= 0.6 is 11.8 Å². The third-order valence-electron chi connectivity index (χ3n) is 2.39. The van der Waals surface area contributed by atoms with Crippen LogP contribution in [0, 0.1) is 0 Å². The van der Waals surface area contributed by atoms with Crippen molar-refractivity contribution in [1.29, 1.82) is 0 Å². The van der Waals surface area contributed by atoms with Crippen LogP contribution < -0.4 is 14.8 Å². The van der Waals surface area contributed by atoms with Crippen LogP contribution in [0.3, 0.4) is 0 Å². The van der Waals surface area contributed by atoms with E-state index in [4.69, 9.17) is 9.47 Å². The van der Waals surface area contributed by atoms with Gasteiger partial charge in [0.15, 0.2) is 11.5 Å². The Morgan fingerprint density at radius 2 is 2.12 bits per heavy atom. The van der Waals surface area contributed by atoms with Crippen molar-refractivity contribution in [2.45, 2.75) is 5.37 Å². The number of thioether (sulfide) groups is 1. The van der Waals surface area contributed by atoms with E-state index in [9.17, 15) is 0 Å². The lowest BCUT2D eigenvalue weighted by Crippen LogP contribution is -2.26. The molecule has 1 aliphatic rings. The average molecular weight is 251 g/mol. The Balaban J connectivity index is 1.91. The summed E-state index contributed by atoms with van der Waals surface area (Å²) in [6.07, 6.45) is 1.73. The van der Waals surface area contributed by atoms with E-state index < -0.39 is 0 Å². The molecule has 3 nitrogen and oxygen atoms in total. The molecule has 1 aromatic carbocycles. The summed E-state index contributed by atoms with van der Waals surface area (Å²) in [7, 11) is 0. The third kappa shape index (κ3) is 3.68. The zero-order valence-electron chi connectivity index (χ0n) is 9.72. The number of benzene rings is 1. The van der Waals surface area contributed by atoms with Gasteiger partial charge in [-0.3, -0.25) is 0 Å². The van der Waals surface area contributed by atoms with Gasteiger partial charge in [-0.2, -0.15) is 0 Å². The summed E-state index contributed by atoms with van der Waals surface area (Å²) >= 11 is 1.89. The first-order valence-electron chi connectivity index (χ1n) is 5.70. The van der Waals surface area contributed by atoms with Gasteiger partial charge in [0.1, 0.15) is 13.2 Å². The first kappa shape index (κ1) is 12.3. The SMILES string of the molecule is C=CCOc1ccccc1OC[C@H]1NCCS1. The summed E-state index contributed by atoms with van der Waals surface area (Å²) in [6.45, 7) is 5.86. The minimum absolute atomic E-state index is 0.391. The molecule has 0 aromatic heterocycles. The molecule has 1 fully saturated rings. The van der Waals surface area contributed by atoms with E-state index in [1.807, 2.05) is 36.0 Å². The Kier molecular flexibility index (Phi) is 4.76. The minimum Gasteiger partial charge on any atom is -0.487 e. The maximum Gasteiger partial charge on any atom is 0.161 e. The molecule has 0 bridgehead atoms. The van der Waals surface area contributed by atoms with Gasteiger partial charge in [-0.25, -0.2) is 0 Å². The molecule has 1 N–H and O–H groups in total. The predicted octanol–water partition coefficient (Wildman–Crippen LogP) is 2.29. The van der Waals surface area contributed by atoms with E-state index in [1.54, 1.807) is 6.08 Å². The molecule has 0 amide bonds. The Morgan fingerprint density at radius 1 is 1.35 bits per heavy atom. The molecular formula is C13H17NO2S. The third-order valence-corrected chi connectivity index (χ3v) is 3.53. The maximum atomic E-state index is 5.78. The fraction of sp³-hybridized carbons (Fsp3) is 0.385. The fourth-order valence-corrected chi connectivity index (χ4v) is 2.51. The van der Waals surface area contributed by atoms with E-state index in [-0.39, 0.29) is 0 Å². The van der Waals surface area contributed by atoms with Gasteiger partial charge in [-0.1, -0.05) is 24.8 Å². The van der Waals surface area contributed by atoms with Crippen molar-refractivity contribution in [2.75, 3.05) is 25.5 Å². The molecule has 0 spiro atoms. The van der Waals surface area contributed by atoms with Gasteiger partial charge >= 0.3 is 0 Å². The van der Waals surface area contributed by atoms with Crippen LogP contribution in [0.2, 0.25) is 0 Å². The van der Waals surface area contributed by atoms with E-state index >= 15 is 0 Å². The molecule has 0 aliphatic carbocycles. The molecule has 0 unspecified atom stereocenters. The fourth-order valence-electron chi connectivity index (χ4n) is 1.59. The number of ether oxygens (including phenoxy) is 2. The Bertz CT molecular complexity index is 364. The molecule has 1 saturated heterocycles. The molecule has 1 aliphatic heterocycles. The van der Waals surface area contributed by atoms with Crippen LogP contribution in [-0.2, 0) is 0 Å². The van der Waals surface area contributed by atoms with Crippen LogP contribution in [0.4, 0.5) is 0 Å². The second-order valence-corrected chi connectivity index (χ2v) is 4.98. The Labute approximate surface area is 106 Å². The molecule has 0 saturated carbocycles. The first-order chi connectivity index (χ1) is 8.40. The molecule has 1 heterocycles. The van der Waals surface area contributed by atoms with Crippen molar-refractivity contribution in [1.82, 2.24) is 5.32 Å². The topological polar surface area (TPSA) is 30.5 Å². The van der Waals surface area contributed by atoms with Gasteiger partial charge in [-0.15, -0.1) is 11.8 Å². The zero-order valence-corrected chi connectivity index (χ0v) is 10.5. The number of rotatable bonds is 6. The summed E-state index contributed by atoms with van der Waals surface area (Å²) in [5.74, 6) is 2.72. The summed E-state index contributed by atoms with van der Waals surface area (Å²) < 4.78 is 11.3. The molecule has 2 rings (SSSR count). The minimum atomic E-state index is 0.391. The highest BCUT2D eigenvalue weighted by atomic mass is 32.2. The predicted molar refractivity (Wildman–Crippen MR) is 71.9 cm³/mol. The van der Waals surface area contributed by atoms with E-state index in [1.165, 1.54) is 0 Å². The smallest absolute Gasteiger partial charge is 0.161 e. The highest BCUT2D eigenvalue weighted by Crippen LogP contribution is 2.27. The van der Waals surface area contributed by atoms with Crippen LogP contribution in [0.25, 0.3) is 0 Å². The van der Waals surface area contributed by atoms with Crippen LogP contribution in [0.5, 0.6) is 11.5 Å². The van der Waals surface area contributed by atoms with Crippen molar-refractivity contribution < 1.29 is 9.47 Å². The zero-order chi connectivity index (χ0) is 11.9. The Morgan fingerprint density at radius 3 is 2.76 bits per heavy atom. The van der Waals surface area contributed by atoms with Gasteiger partial charge in [-0.05, 0) is 12.1 Å². The van der Waals surface area contributed by atoms with Crippen LogP contribution in [0.1, 0.15) is 0 Å². The van der Waals surface area contributed by atoms with Crippen molar-refractivity contribution in [3.63, 3.8) is 0 Å². The van der Waals surface area contributed by atoms with Gasteiger partial charge in [0.05, 0.1) is 5.37 Å². The van der Waals surface area contributed by atoms with Crippen LogP contribution in [-0.4, -0.2) is 30.9 Å². The standard InChI is InChI=1S/C13H17NO2S/c1-2-8-15-11-5-3-4-6-12(11)16-10-13-14-7-9-17-13/h2-6,13-14H,1,7-10H2/t13-/m0/s1. The molecule has 0 radical (unpaired) electrons. The van der Waals surface area contributed by atoms with Gasteiger partial charge in [0.25, 0.3) is 0 Å². The van der Waals surface area contributed by atoms with Crippen molar-refractivity contribution in [3.8, 4) is 11.5 Å². The Hall–Kier alpha value is -1.13. The lowest BCUT2D eigenvalue weighted by Gasteiger charge is -2.14. The second-order valence-electron chi connectivity index (χ2n) is 3.67. The van der Waals surface area contributed by atoms with Crippen molar-refractivity contribution in [3.05, 3.63) is 36.9 Å².